The third-order valence-corrected chi connectivity index (χ3v) is 19.4. The maximum absolute atomic E-state index is 13.0. The highest BCUT2D eigenvalue weighted by atomic mass is 35.5. The number of nitrogens with zero attached hydrogens (tertiary/aromatic N) is 12. The number of carbonyl (C=O) groups excluding carboxylic acids is 2. The number of ketones is 1. The lowest BCUT2D eigenvalue weighted by Crippen LogP contribution is -2.44. The molecule has 0 bridgehead atoms. The smallest absolute Gasteiger partial charge is 0.247 e. The quantitative estimate of drug-likeness (QED) is 0.0216. The number of halogens is 1. The van der Waals surface area contributed by atoms with Gasteiger partial charge < -0.3 is 74.8 Å². The average molecular weight is 1450 g/mol. The fourth-order valence-electron chi connectivity index (χ4n) is 12.1. The van der Waals surface area contributed by atoms with Crippen molar-refractivity contribution in [1.29, 1.82) is 0 Å². The first-order chi connectivity index (χ1) is 50.8. The molecule has 0 unspecified atom stereocenters. The van der Waals surface area contributed by atoms with Gasteiger partial charge in [-0.25, -0.2) is 15.0 Å². The van der Waals surface area contributed by atoms with E-state index in [-0.39, 0.29) is 11.7 Å². The molecule has 3 fully saturated rings. The van der Waals surface area contributed by atoms with Crippen molar-refractivity contribution < 1.29 is 23.8 Å². The van der Waals surface area contributed by atoms with Crippen LogP contribution in [0.2, 0.25) is 5.02 Å². The molecule has 3 saturated heterocycles. The normalized spacial score (nSPS) is 14.0. The van der Waals surface area contributed by atoms with Crippen molar-refractivity contribution in [2.45, 2.75) is 13.3 Å². The number of likely N-dealkylation sites (N-methyl/N-ethyl adjacent to an activating group) is 3. The summed E-state index contributed by atoms with van der Waals surface area (Å²) in [6.45, 7) is 33.2. The number of hydrogen-bond donors (Lipinski definition) is 5. The summed E-state index contributed by atoms with van der Waals surface area (Å²) in [5.41, 5.74) is 15.5. The van der Waals surface area contributed by atoms with E-state index in [4.69, 9.17) is 30.8 Å². The van der Waals surface area contributed by atoms with Gasteiger partial charge in [-0.15, -0.1) is 10.2 Å². The van der Waals surface area contributed by atoms with Crippen molar-refractivity contribution in [3.8, 4) is 34.1 Å². The van der Waals surface area contributed by atoms with Gasteiger partial charge >= 0.3 is 0 Å². The van der Waals surface area contributed by atoms with Crippen LogP contribution in [0.5, 0.6) is 23.0 Å². The minimum Gasteiger partial charge on any atom is -0.494 e. The third-order valence-electron chi connectivity index (χ3n) is 18.2. The number of carbonyl (C=O) groups is 2. The molecule has 542 valence electrons. The van der Waals surface area contributed by atoms with Gasteiger partial charge in [0, 0.05) is 161 Å². The first-order valence-corrected chi connectivity index (χ1v) is 35.8. The Bertz CT molecular complexity index is 4780. The van der Waals surface area contributed by atoms with E-state index in [2.05, 4.69) is 173 Å². The number of aromatic nitrogens is 6. The number of methoxy groups -OCH3 is 2. The second kappa shape index (κ2) is 35.2. The molecule has 105 heavy (non-hydrogen) atoms. The van der Waals surface area contributed by atoms with Gasteiger partial charge in [0.1, 0.15) is 34.3 Å². The number of benzene rings is 6. The third kappa shape index (κ3) is 19.7. The Labute approximate surface area is 623 Å². The van der Waals surface area contributed by atoms with Crippen molar-refractivity contribution in [1.82, 2.24) is 44.4 Å². The number of rotatable bonds is 24. The van der Waals surface area contributed by atoms with E-state index < -0.39 is 0 Å². The van der Waals surface area contributed by atoms with E-state index in [1.807, 2.05) is 91.6 Å². The van der Waals surface area contributed by atoms with Crippen LogP contribution in [0.4, 0.5) is 62.4 Å². The molecule has 4 aromatic heterocycles. The summed E-state index contributed by atoms with van der Waals surface area (Å²) >= 11 is 7.60. The molecule has 0 saturated carbocycles. The Kier molecular flexibility index (Phi) is 25.1. The van der Waals surface area contributed by atoms with Gasteiger partial charge in [0.25, 0.3) is 0 Å². The standard InChI is InChI=1S/C29H33N7O.C26H28ClN5O2.C26H29N5O2S/c1-6-20(2)31-22-9-7-8-21(16-22)24-19-35(4)26-18-30-29(33-28(24)26)32-25-11-10-23(17-27(25)37-5)36-14-12-34(3)13-15-36;1-4-25(33)29-19-6-5-7-22(15-19)34-24-16-20(8-9-23(24)27)30-26-18(2)14-21(17-28-26)32-12-10-31(3)11-13-32;1-5-18(2)15-19-7-6-8-20(16-19)24(32)25-28-29-26(34-25)27-22-10-9-21(17-23(22)33-4)31-13-11-30(3)12-14-31/h6-11,16-19,31H,1-2,12-15H2,3-5H3,(H,30,32,33);4-9,14-17H,1,10-13H2,2-3H3,(H,28,30)(H,29,33);5-10,16-17H,1-2,11-15H2,3-4H3,(H,27,29). The molecule has 13 rings (SSSR count). The Hall–Kier alpha value is -11.3. The lowest BCUT2D eigenvalue weighted by atomic mass is 10.0. The van der Waals surface area contributed by atoms with Gasteiger partial charge in [0.05, 0.1) is 54.2 Å². The molecule has 0 aliphatic carbocycles. The topological polar surface area (TPSA) is 211 Å². The SMILES string of the molecule is C=CC(=C)Cc1cccc(C(=O)c2nnc(Nc3ccc(N4CCN(C)CC4)cc3OC)s2)c1.C=CC(=C)Nc1cccc(-c2cn(C)c3cnc(Nc4ccc(N5CCN(C)CC5)cc4OC)nc23)c1.C=CC(=O)Nc1cccc(Oc2cc(Nc3ncc(N4CCN(C)CC4)cc3C)ccc2Cl)c1. The number of allylic oxidation sites excluding steroid dienone is 3. The minimum absolute atomic E-state index is 0.158. The maximum Gasteiger partial charge on any atom is 0.247 e. The van der Waals surface area contributed by atoms with Crippen molar-refractivity contribution in [2.24, 2.45) is 7.05 Å². The summed E-state index contributed by atoms with van der Waals surface area (Å²) in [5.74, 6) is 3.36. The van der Waals surface area contributed by atoms with Crippen molar-refractivity contribution in [2.75, 3.05) is 155 Å². The molecule has 0 atom stereocenters. The van der Waals surface area contributed by atoms with Crippen LogP contribution >= 0.6 is 22.9 Å². The number of pyridine rings is 1. The van der Waals surface area contributed by atoms with E-state index in [1.165, 1.54) is 17.4 Å². The summed E-state index contributed by atoms with van der Waals surface area (Å²) in [4.78, 5) is 52.8. The summed E-state index contributed by atoms with van der Waals surface area (Å²) in [6, 6.07) is 42.7. The molecule has 0 radical (unpaired) electrons. The number of ether oxygens (including phenoxy) is 3. The molecular formula is C81H90ClN17O5S. The van der Waals surface area contributed by atoms with Crippen LogP contribution in [0, 0.1) is 6.92 Å². The van der Waals surface area contributed by atoms with Gasteiger partial charge in [0.15, 0.2) is 5.01 Å². The van der Waals surface area contributed by atoms with E-state index in [1.54, 1.807) is 62.8 Å². The Balaban J connectivity index is 0.000000158. The van der Waals surface area contributed by atoms with Crippen molar-refractivity contribution >= 4 is 108 Å². The van der Waals surface area contributed by atoms with Crippen LogP contribution in [0.15, 0.2) is 214 Å². The number of piperazine rings is 3. The van der Waals surface area contributed by atoms with E-state index in [0.717, 1.165) is 180 Å². The van der Waals surface area contributed by atoms with Gasteiger partial charge in [-0.05, 0) is 136 Å². The number of nitrogens with one attached hydrogen (secondary N) is 5. The lowest BCUT2D eigenvalue weighted by molar-refractivity contribution is -0.111. The molecule has 1 amide bonds. The molecule has 22 nitrogen and oxygen atoms in total. The summed E-state index contributed by atoms with van der Waals surface area (Å²) in [7, 11) is 11.8. The molecule has 6 aromatic carbocycles. The zero-order valence-corrected chi connectivity index (χ0v) is 62.2. The predicted molar refractivity (Wildman–Crippen MR) is 430 cm³/mol. The molecule has 10 aromatic rings. The zero-order valence-electron chi connectivity index (χ0n) is 60.6. The fraction of sp³-hybridized carbons (Fsp3) is 0.247. The van der Waals surface area contributed by atoms with Crippen molar-refractivity contribution in [3.05, 3.63) is 241 Å². The summed E-state index contributed by atoms with van der Waals surface area (Å²) in [5, 5.41) is 25.6. The molecular weight excluding hydrogens is 1360 g/mol. The number of anilines is 11. The number of aryl methyl sites for hydroxylation is 2. The predicted octanol–water partition coefficient (Wildman–Crippen LogP) is 15.3. The van der Waals surface area contributed by atoms with Crippen molar-refractivity contribution in [3.63, 3.8) is 0 Å². The molecule has 0 spiro atoms. The molecule has 5 N–H and O–H groups in total. The van der Waals surface area contributed by atoms with Gasteiger partial charge in [0.2, 0.25) is 22.8 Å². The highest BCUT2D eigenvalue weighted by molar-refractivity contribution is 7.17. The Morgan fingerprint density at radius 1 is 0.590 bits per heavy atom. The molecule has 3 aliphatic rings. The Morgan fingerprint density at radius 2 is 1.21 bits per heavy atom. The molecule has 3 aliphatic heterocycles. The van der Waals surface area contributed by atoms with Crippen LogP contribution < -0.4 is 55.5 Å². The second-order valence-corrected chi connectivity index (χ2v) is 27.2. The highest BCUT2D eigenvalue weighted by Crippen LogP contribution is 2.38. The molecule has 7 heterocycles. The fourth-order valence-corrected chi connectivity index (χ4v) is 13.0. The van der Waals surface area contributed by atoms with E-state index >= 15 is 0 Å². The van der Waals surface area contributed by atoms with Crippen LogP contribution in [0.1, 0.15) is 26.5 Å². The monoisotopic (exact) mass is 1450 g/mol. The number of hydrogen-bond acceptors (Lipinski definition) is 21. The molecule has 24 heteroatoms. The first kappa shape index (κ1) is 74.8. The second-order valence-electron chi connectivity index (χ2n) is 25.8. The maximum atomic E-state index is 13.0. The number of fused-ring (bicyclic) bond motifs is 1. The first-order valence-electron chi connectivity index (χ1n) is 34.6. The number of amides is 1. The summed E-state index contributed by atoms with van der Waals surface area (Å²) < 4.78 is 19.4. The van der Waals surface area contributed by atoms with Crippen LogP contribution in [0.3, 0.4) is 0 Å². The zero-order chi connectivity index (χ0) is 74.1. The van der Waals surface area contributed by atoms with E-state index in [0.29, 0.717) is 50.3 Å². The highest BCUT2D eigenvalue weighted by Gasteiger charge is 2.23. The average Bonchev–Trinajstić information content (AvgIpc) is 1.65. The van der Waals surface area contributed by atoms with Crippen LogP contribution in [-0.4, -0.2) is 170 Å². The Morgan fingerprint density at radius 3 is 1.83 bits per heavy atom. The van der Waals surface area contributed by atoms with Gasteiger partial charge in [-0.3, -0.25) is 9.59 Å². The van der Waals surface area contributed by atoms with Gasteiger partial charge in [-0.1, -0.05) is 104 Å². The van der Waals surface area contributed by atoms with Crippen LogP contribution in [0.25, 0.3) is 22.2 Å². The summed E-state index contributed by atoms with van der Waals surface area (Å²) in [6.07, 6.45) is 11.1. The van der Waals surface area contributed by atoms with Crippen LogP contribution in [-0.2, 0) is 18.3 Å². The van der Waals surface area contributed by atoms with Gasteiger partial charge in [-0.2, -0.15) is 0 Å². The minimum atomic E-state index is -0.289. The van der Waals surface area contributed by atoms with E-state index in [9.17, 15) is 9.59 Å². The lowest BCUT2D eigenvalue weighted by Gasteiger charge is -2.34. The largest absolute Gasteiger partial charge is 0.494 e.